The average molecular weight is 341 g/mol. The van der Waals surface area contributed by atoms with Gasteiger partial charge in [0.25, 0.3) is 0 Å². The number of guanidine groups is 1. The molecule has 0 saturated carbocycles. The standard InChI is InChI=1S/C17H32N4OS/c1-5-7-10-22-11-8-9-19-17(18-6-2)20-12-15-13-23-16(21-15)14(3)4/h13-14H,5-12H2,1-4H3,(H2,18,19,20). The highest BCUT2D eigenvalue weighted by atomic mass is 32.1. The minimum Gasteiger partial charge on any atom is -0.381 e. The molecule has 23 heavy (non-hydrogen) atoms. The zero-order valence-electron chi connectivity index (χ0n) is 15.0. The number of aliphatic imine (C=N–C) groups is 1. The molecule has 0 aliphatic rings. The fourth-order valence-corrected chi connectivity index (χ4v) is 2.72. The predicted molar refractivity (Wildman–Crippen MR) is 99.4 cm³/mol. The third-order valence-electron chi connectivity index (χ3n) is 3.21. The number of hydrogen-bond donors (Lipinski definition) is 2. The summed E-state index contributed by atoms with van der Waals surface area (Å²) in [7, 11) is 0. The Hall–Kier alpha value is -1.14. The lowest BCUT2D eigenvalue weighted by atomic mass is 10.2. The topological polar surface area (TPSA) is 58.5 Å². The van der Waals surface area contributed by atoms with Crippen molar-refractivity contribution in [2.75, 3.05) is 26.3 Å². The van der Waals surface area contributed by atoms with Crippen molar-refractivity contribution in [2.45, 2.75) is 59.4 Å². The van der Waals surface area contributed by atoms with Crippen LogP contribution in [0.2, 0.25) is 0 Å². The quantitative estimate of drug-likeness (QED) is 0.367. The molecule has 2 N–H and O–H groups in total. The normalized spacial score (nSPS) is 12.0. The molecule has 0 radical (unpaired) electrons. The highest BCUT2D eigenvalue weighted by molar-refractivity contribution is 7.09. The van der Waals surface area contributed by atoms with Crippen LogP contribution in [0.4, 0.5) is 0 Å². The van der Waals surface area contributed by atoms with E-state index < -0.39 is 0 Å². The van der Waals surface area contributed by atoms with E-state index in [1.54, 1.807) is 11.3 Å². The van der Waals surface area contributed by atoms with Gasteiger partial charge in [0.15, 0.2) is 5.96 Å². The number of nitrogens with one attached hydrogen (secondary N) is 2. The number of ether oxygens (including phenoxy) is 1. The number of rotatable bonds is 11. The van der Waals surface area contributed by atoms with Gasteiger partial charge in [0.05, 0.1) is 17.2 Å². The van der Waals surface area contributed by atoms with Crippen molar-refractivity contribution in [2.24, 2.45) is 4.99 Å². The summed E-state index contributed by atoms with van der Waals surface area (Å²) in [6, 6.07) is 0. The van der Waals surface area contributed by atoms with Crippen LogP contribution in [0.1, 0.15) is 63.6 Å². The third-order valence-corrected chi connectivity index (χ3v) is 4.40. The molecule has 1 rings (SSSR count). The van der Waals surface area contributed by atoms with Gasteiger partial charge in [-0.1, -0.05) is 27.2 Å². The largest absolute Gasteiger partial charge is 0.381 e. The Morgan fingerprint density at radius 2 is 2.04 bits per heavy atom. The molecule has 0 aliphatic heterocycles. The van der Waals surface area contributed by atoms with Crippen LogP contribution in [0.5, 0.6) is 0 Å². The second kappa shape index (κ2) is 12.3. The molecule has 0 unspecified atom stereocenters. The smallest absolute Gasteiger partial charge is 0.191 e. The molecule has 0 saturated heterocycles. The lowest BCUT2D eigenvalue weighted by molar-refractivity contribution is 0.129. The Kier molecular flexibility index (Phi) is 10.6. The number of thiazole rings is 1. The van der Waals surface area contributed by atoms with Gasteiger partial charge in [-0.25, -0.2) is 9.98 Å². The summed E-state index contributed by atoms with van der Waals surface area (Å²) in [4.78, 5) is 9.22. The second-order valence-corrected chi connectivity index (χ2v) is 6.66. The molecule has 0 aromatic carbocycles. The van der Waals surface area contributed by atoms with Crippen LogP contribution < -0.4 is 10.6 Å². The van der Waals surface area contributed by atoms with E-state index >= 15 is 0 Å². The van der Waals surface area contributed by atoms with Crippen molar-refractivity contribution in [3.05, 3.63) is 16.1 Å². The Morgan fingerprint density at radius 1 is 1.26 bits per heavy atom. The summed E-state index contributed by atoms with van der Waals surface area (Å²) in [5, 5.41) is 9.89. The van der Waals surface area contributed by atoms with Crippen LogP contribution in [0.25, 0.3) is 0 Å². The van der Waals surface area contributed by atoms with Crippen LogP contribution in [-0.4, -0.2) is 37.2 Å². The molecule has 1 aromatic heterocycles. The molecule has 0 bridgehead atoms. The molecule has 6 heteroatoms. The Balaban J connectivity index is 2.31. The molecule has 1 aromatic rings. The number of aromatic nitrogens is 1. The van der Waals surface area contributed by atoms with Gasteiger partial charge in [0, 0.05) is 37.6 Å². The molecule has 0 amide bonds. The molecule has 0 spiro atoms. The summed E-state index contributed by atoms with van der Waals surface area (Å²) in [5.74, 6) is 1.33. The van der Waals surface area contributed by atoms with Gasteiger partial charge in [-0.2, -0.15) is 0 Å². The first-order chi connectivity index (χ1) is 11.2. The summed E-state index contributed by atoms with van der Waals surface area (Å²) in [6.45, 7) is 12.6. The van der Waals surface area contributed by atoms with Gasteiger partial charge in [-0.3, -0.25) is 0 Å². The maximum Gasteiger partial charge on any atom is 0.191 e. The number of unbranched alkanes of at least 4 members (excludes halogenated alkanes) is 1. The van der Waals surface area contributed by atoms with Crippen molar-refractivity contribution in [3.8, 4) is 0 Å². The summed E-state index contributed by atoms with van der Waals surface area (Å²) < 4.78 is 5.56. The maximum atomic E-state index is 5.56. The highest BCUT2D eigenvalue weighted by Crippen LogP contribution is 2.19. The fourth-order valence-electron chi connectivity index (χ4n) is 1.89. The van der Waals surface area contributed by atoms with Crippen LogP contribution in [0.3, 0.4) is 0 Å². The van der Waals surface area contributed by atoms with Crippen molar-refractivity contribution in [1.29, 1.82) is 0 Å². The first-order valence-electron chi connectivity index (χ1n) is 8.71. The Labute approximate surface area is 145 Å². The number of nitrogens with zero attached hydrogens (tertiary/aromatic N) is 2. The van der Waals surface area contributed by atoms with Gasteiger partial charge in [-0.15, -0.1) is 11.3 Å². The van der Waals surface area contributed by atoms with Crippen LogP contribution >= 0.6 is 11.3 Å². The van der Waals surface area contributed by atoms with E-state index in [0.29, 0.717) is 12.5 Å². The van der Waals surface area contributed by atoms with Gasteiger partial charge in [0.2, 0.25) is 0 Å². The van der Waals surface area contributed by atoms with Crippen molar-refractivity contribution in [1.82, 2.24) is 15.6 Å². The van der Waals surface area contributed by atoms with Crippen LogP contribution in [0, 0.1) is 0 Å². The highest BCUT2D eigenvalue weighted by Gasteiger charge is 2.05. The van der Waals surface area contributed by atoms with E-state index in [1.807, 2.05) is 0 Å². The summed E-state index contributed by atoms with van der Waals surface area (Å²) in [6.07, 6.45) is 3.32. The average Bonchev–Trinajstić information content (AvgIpc) is 3.01. The minimum absolute atomic E-state index is 0.483. The van der Waals surface area contributed by atoms with Crippen molar-refractivity contribution >= 4 is 17.3 Å². The fraction of sp³-hybridized carbons (Fsp3) is 0.765. The molecular formula is C17H32N4OS. The van der Waals surface area contributed by atoms with E-state index in [4.69, 9.17) is 4.74 Å². The van der Waals surface area contributed by atoms with Crippen molar-refractivity contribution < 1.29 is 4.74 Å². The monoisotopic (exact) mass is 340 g/mol. The summed E-state index contributed by atoms with van der Waals surface area (Å²) in [5.41, 5.74) is 1.04. The van der Waals surface area contributed by atoms with Crippen molar-refractivity contribution in [3.63, 3.8) is 0 Å². The first-order valence-corrected chi connectivity index (χ1v) is 9.59. The van der Waals surface area contributed by atoms with Gasteiger partial charge >= 0.3 is 0 Å². The predicted octanol–water partition coefficient (Wildman–Crippen LogP) is 3.53. The Bertz CT molecular complexity index is 446. The molecule has 5 nitrogen and oxygen atoms in total. The van der Waals surface area contributed by atoms with Crippen LogP contribution in [0.15, 0.2) is 10.4 Å². The van der Waals surface area contributed by atoms with Gasteiger partial charge in [-0.05, 0) is 19.8 Å². The van der Waals surface area contributed by atoms with Gasteiger partial charge < -0.3 is 15.4 Å². The zero-order valence-corrected chi connectivity index (χ0v) is 15.8. The summed E-state index contributed by atoms with van der Waals surface area (Å²) >= 11 is 1.72. The Morgan fingerprint density at radius 3 is 2.70 bits per heavy atom. The van der Waals surface area contributed by atoms with E-state index in [0.717, 1.165) is 50.8 Å². The first kappa shape index (κ1) is 19.9. The molecule has 0 aliphatic carbocycles. The molecule has 1 heterocycles. The molecule has 0 atom stereocenters. The lowest BCUT2D eigenvalue weighted by Crippen LogP contribution is -2.38. The molecule has 132 valence electrons. The third kappa shape index (κ3) is 8.91. The molecule has 0 fully saturated rings. The van der Waals surface area contributed by atoms with Crippen LogP contribution in [-0.2, 0) is 11.3 Å². The number of hydrogen-bond acceptors (Lipinski definition) is 4. The maximum absolute atomic E-state index is 5.56. The van der Waals surface area contributed by atoms with Gasteiger partial charge in [0.1, 0.15) is 0 Å². The van der Waals surface area contributed by atoms with E-state index in [-0.39, 0.29) is 0 Å². The van der Waals surface area contributed by atoms with E-state index in [1.165, 1.54) is 11.4 Å². The minimum atomic E-state index is 0.483. The lowest BCUT2D eigenvalue weighted by Gasteiger charge is -2.11. The zero-order chi connectivity index (χ0) is 16.9. The molecular weight excluding hydrogens is 308 g/mol. The second-order valence-electron chi connectivity index (χ2n) is 5.77. The van der Waals surface area contributed by atoms with E-state index in [2.05, 4.69) is 53.7 Å². The van der Waals surface area contributed by atoms with E-state index in [9.17, 15) is 0 Å². The SMILES string of the molecule is CCCCOCCCNC(=NCc1csc(C(C)C)n1)NCC.